The van der Waals surface area contributed by atoms with E-state index in [0.717, 1.165) is 0 Å². The zero-order valence-corrected chi connectivity index (χ0v) is 4.36. The Balaban J connectivity index is 2.99. The lowest BCUT2D eigenvalue weighted by Crippen LogP contribution is -2.09. The van der Waals surface area contributed by atoms with Gasteiger partial charge in [0.25, 0.3) is 5.65 Å². The fourth-order valence-electron chi connectivity index (χ4n) is 0.0559. The van der Waals surface area contributed by atoms with E-state index in [9.17, 15) is 4.79 Å². The van der Waals surface area contributed by atoms with E-state index >= 15 is 0 Å². The van der Waals surface area contributed by atoms with Crippen molar-refractivity contribution in [3.8, 4) is 0 Å². The molecule has 0 aromatic rings. The lowest BCUT2D eigenvalue weighted by molar-refractivity contribution is 0.180. The molecule has 1 unspecified atom stereocenters. The third-order valence-corrected chi connectivity index (χ3v) is 0.895. The van der Waals surface area contributed by atoms with Gasteiger partial charge in [-0.05, 0) is 15.2 Å². The molecule has 0 aliphatic rings. The first-order chi connectivity index (χ1) is 2.81. The monoisotopic (exact) mass is 107 g/mol. The molecule has 1 atom stereocenters. The summed E-state index contributed by atoms with van der Waals surface area (Å²) < 4.78 is 0. The molecule has 0 fully saturated rings. The molecule has 0 heterocycles. The van der Waals surface area contributed by atoms with E-state index < -0.39 is 0 Å². The van der Waals surface area contributed by atoms with Crippen LogP contribution in [-0.2, 0) is 0 Å². The van der Waals surface area contributed by atoms with Gasteiger partial charge in [-0.3, -0.25) is 10.0 Å². The maximum absolute atomic E-state index is 9.83. The third kappa shape index (κ3) is 2.12. The van der Waals surface area contributed by atoms with Crippen LogP contribution in [0.2, 0.25) is 0 Å². The Morgan fingerprint density at radius 2 is 2.50 bits per heavy atom. The quantitative estimate of drug-likeness (QED) is 0.289. The molecule has 2 N–H and O–H groups in total. The molecule has 0 radical (unpaired) electrons. The molecule has 0 bridgehead atoms. The lowest BCUT2D eigenvalue weighted by Gasteiger charge is -1.85. The van der Waals surface area contributed by atoms with E-state index in [1.54, 1.807) is 6.66 Å². The first-order valence-electron chi connectivity index (χ1n) is 1.43. The summed E-state index contributed by atoms with van der Waals surface area (Å²) in [5, 5.41) is 7.74. The number of hydrogen-bond donors (Lipinski definition) is 2. The van der Waals surface area contributed by atoms with E-state index in [-0.39, 0.29) is 14.2 Å². The zero-order valence-electron chi connectivity index (χ0n) is 3.36. The van der Waals surface area contributed by atoms with E-state index in [0.29, 0.717) is 0 Å². The Labute approximate surface area is 37.5 Å². The number of hydroxylamine groups is 1. The van der Waals surface area contributed by atoms with Crippen molar-refractivity contribution in [2.75, 3.05) is 6.66 Å². The van der Waals surface area contributed by atoms with Crippen molar-refractivity contribution in [1.29, 1.82) is 0 Å². The summed E-state index contributed by atoms with van der Waals surface area (Å²) in [5.74, 6) is 0. The summed E-state index contributed by atoms with van der Waals surface area (Å²) in [7, 11) is 0.132. The zero-order chi connectivity index (χ0) is 4.99. The average Bonchev–Trinajstić information content (AvgIpc) is 1.65. The molecule has 0 spiro atoms. The van der Waals surface area contributed by atoms with Crippen LogP contribution in [0.5, 0.6) is 0 Å². The lowest BCUT2D eigenvalue weighted by atomic mass is 11.4. The Morgan fingerprint density at radius 3 is 2.50 bits per heavy atom. The van der Waals surface area contributed by atoms with Gasteiger partial charge in [0.05, 0.1) is 0 Å². The highest BCUT2D eigenvalue weighted by atomic mass is 31.1. The molecule has 0 aromatic carbocycles. The van der Waals surface area contributed by atoms with E-state index in [1.165, 1.54) is 5.48 Å². The van der Waals surface area contributed by atoms with Gasteiger partial charge in [0, 0.05) is 0 Å². The van der Waals surface area contributed by atoms with E-state index in [4.69, 9.17) is 5.21 Å². The van der Waals surface area contributed by atoms with Gasteiger partial charge < -0.3 is 0 Å². The van der Waals surface area contributed by atoms with Crippen LogP contribution in [0.15, 0.2) is 0 Å². The Bertz CT molecular complexity index is 49.5. The minimum Gasteiger partial charge on any atom is -0.288 e. The first-order valence-corrected chi connectivity index (χ1v) is 2.93. The summed E-state index contributed by atoms with van der Waals surface area (Å²) in [4.78, 5) is 9.83. The fraction of sp³-hybridized carbons (Fsp3) is 0.500. The van der Waals surface area contributed by atoms with Crippen LogP contribution in [0.1, 0.15) is 0 Å². The number of nitrogens with one attached hydrogen (secondary N) is 1. The highest BCUT2D eigenvalue weighted by Crippen LogP contribution is 1.99. The second kappa shape index (κ2) is 3.07. The van der Waals surface area contributed by atoms with Crippen molar-refractivity contribution in [2.24, 2.45) is 0 Å². The molecule has 4 heteroatoms. The second-order valence-corrected chi connectivity index (χ2v) is 1.65. The van der Waals surface area contributed by atoms with Crippen LogP contribution >= 0.6 is 8.58 Å². The largest absolute Gasteiger partial charge is 0.288 e. The van der Waals surface area contributed by atoms with Crippen molar-refractivity contribution >= 4 is 14.2 Å². The van der Waals surface area contributed by atoms with Crippen molar-refractivity contribution in [3.05, 3.63) is 0 Å². The molecular weight excluding hydrogens is 101 g/mol. The van der Waals surface area contributed by atoms with E-state index in [2.05, 4.69) is 0 Å². The summed E-state index contributed by atoms with van der Waals surface area (Å²) in [6, 6.07) is 0. The molecule has 0 saturated heterocycles. The molecule has 0 saturated carbocycles. The number of amides is 1. The minimum atomic E-state index is -0.324. The topological polar surface area (TPSA) is 49.3 Å². The smallest absolute Gasteiger partial charge is 0.260 e. The second-order valence-electron chi connectivity index (χ2n) is 0.691. The molecule has 3 nitrogen and oxygen atoms in total. The Morgan fingerprint density at radius 1 is 2.00 bits per heavy atom. The number of carbonyl (C=O) groups excluding carboxylic acids is 1. The van der Waals surface area contributed by atoms with Gasteiger partial charge in [-0.2, -0.15) is 0 Å². The summed E-state index contributed by atoms with van der Waals surface area (Å²) in [6.07, 6.45) is 0. The Kier molecular flexibility index (Phi) is 2.99. The van der Waals surface area contributed by atoms with Gasteiger partial charge in [-0.15, -0.1) is 0 Å². The number of hydrogen-bond acceptors (Lipinski definition) is 2. The standard InChI is InChI=1S/C2H6NO2P/c1-6-2(4)3-5/h5-6H,1H3,(H,3,4). The summed E-state index contributed by atoms with van der Waals surface area (Å²) >= 11 is 0. The fourth-order valence-corrected chi connectivity index (χ4v) is 0.168. The maximum Gasteiger partial charge on any atom is 0.260 e. The van der Waals surface area contributed by atoms with Gasteiger partial charge >= 0.3 is 0 Å². The van der Waals surface area contributed by atoms with Crippen molar-refractivity contribution in [1.82, 2.24) is 5.48 Å². The minimum absolute atomic E-state index is 0.132. The van der Waals surface area contributed by atoms with Crippen molar-refractivity contribution < 1.29 is 10.0 Å². The van der Waals surface area contributed by atoms with Crippen LogP contribution in [-0.4, -0.2) is 17.5 Å². The Hall–Kier alpha value is -0.140. The average molecular weight is 107 g/mol. The van der Waals surface area contributed by atoms with Gasteiger partial charge in [0.2, 0.25) is 0 Å². The predicted octanol–water partition coefficient (Wildman–Crippen LogP) is 0.394. The maximum atomic E-state index is 9.83. The molecule has 0 aromatic heterocycles. The predicted molar refractivity (Wildman–Crippen MR) is 24.6 cm³/mol. The molecule has 6 heavy (non-hydrogen) atoms. The van der Waals surface area contributed by atoms with Crippen LogP contribution in [0.25, 0.3) is 0 Å². The molecular formula is C2H6NO2P. The van der Waals surface area contributed by atoms with Crippen molar-refractivity contribution in [3.63, 3.8) is 0 Å². The summed E-state index contributed by atoms with van der Waals surface area (Å²) in [5.41, 5.74) is 1.16. The molecule has 0 aliphatic heterocycles. The van der Waals surface area contributed by atoms with Crippen LogP contribution in [0.4, 0.5) is 4.79 Å². The highest BCUT2D eigenvalue weighted by Gasteiger charge is 1.86. The SMILES string of the molecule is CPC(=O)NO. The highest BCUT2D eigenvalue weighted by molar-refractivity contribution is 7.56. The van der Waals surface area contributed by atoms with Crippen LogP contribution in [0.3, 0.4) is 0 Å². The van der Waals surface area contributed by atoms with Gasteiger partial charge in [0.15, 0.2) is 0 Å². The molecule has 1 amide bonds. The van der Waals surface area contributed by atoms with Gasteiger partial charge in [-0.1, -0.05) is 0 Å². The van der Waals surface area contributed by atoms with Gasteiger partial charge in [-0.25, -0.2) is 5.48 Å². The number of rotatable bonds is 1. The van der Waals surface area contributed by atoms with E-state index in [1.807, 2.05) is 0 Å². The third-order valence-electron chi connectivity index (χ3n) is 0.329. The number of carbonyl (C=O) groups is 1. The van der Waals surface area contributed by atoms with Crippen LogP contribution < -0.4 is 5.48 Å². The molecule has 0 rings (SSSR count). The molecule has 36 valence electrons. The first kappa shape index (κ1) is 5.86. The normalized spacial score (nSPS) is 9.67. The molecule has 0 aliphatic carbocycles. The summed E-state index contributed by atoms with van der Waals surface area (Å²) in [6.45, 7) is 1.69. The van der Waals surface area contributed by atoms with Crippen LogP contribution in [0, 0.1) is 0 Å². The van der Waals surface area contributed by atoms with Gasteiger partial charge in [0.1, 0.15) is 0 Å². The van der Waals surface area contributed by atoms with Crippen molar-refractivity contribution in [2.45, 2.75) is 0 Å².